The quantitative estimate of drug-likeness (QED) is 0.791. The average molecular weight is 262 g/mol. The third-order valence-electron chi connectivity index (χ3n) is 3.72. The van der Waals surface area contributed by atoms with Crippen molar-refractivity contribution >= 4 is 17.6 Å². The lowest BCUT2D eigenvalue weighted by Gasteiger charge is -2.21. The first-order valence-corrected chi connectivity index (χ1v) is 6.22. The van der Waals surface area contributed by atoms with E-state index in [9.17, 15) is 14.7 Å². The molecule has 1 unspecified atom stereocenters. The van der Waals surface area contributed by atoms with Crippen molar-refractivity contribution in [2.24, 2.45) is 5.41 Å². The van der Waals surface area contributed by atoms with E-state index >= 15 is 0 Å². The lowest BCUT2D eigenvalue weighted by Crippen LogP contribution is -2.35. The van der Waals surface area contributed by atoms with Crippen LogP contribution in [0, 0.1) is 12.3 Å². The Balaban J connectivity index is 2.22. The van der Waals surface area contributed by atoms with E-state index in [4.69, 9.17) is 5.73 Å². The third kappa shape index (κ3) is 2.41. The van der Waals surface area contributed by atoms with E-state index in [1.807, 2.05) is 13.0 Å². The highest BCUT2D eigenvalue weighted by Gasteiger charge is 2.42. The number of nitrogens with two attached hydrogens (primary N) is 1. The third-order valence-corrected chi connectivity index (χ3v) is 3.72. The van der Waals surface area contributed by atoms with Crippen LogP contribution in [0.2, 0.25) is 0 Å². The number of likely N-dealkylation sites (tertiary alicyclic amines) is 1. The maximum atomic E-state index is 12.4. The minimum atomic E-state index is -0.861. The van der Waals surface area contributed by atoms with Crippen LogP contribution in [0.5, 0.6) is 0 Å². The number of carbonyl (C=O) groups excluding carboxylic acids is 1. The van der Waals surface area contributed by atoms with Crippen LogP contribution in [0.15, 0.2) is 18.2 Å². The summed E-state index contributed by atoms with van der Waals surface area (Å²) in [5.74, 6) is -1.05. The van der Waals surface area contributed by atoms with Gasteiger partial charge in [0.2, 0.25) is 0 Å². The lowest BCUT2D eigenvalue weighted by molar-refractivity contribution is -0.147. The molecule has 0 bridgehead atoms. The number of hydrogen-bond donors (Lipinski definition) is 2. The molecule has 0 aliphatic carbocycles. The summed E-state index contributed by atoms with van der Waals surface area (Å²) in [6, 6.07) is 5.29. The smallest absolute Gasteiger partial charge is 0.311 e. The SMILES string of the molecule is Cc1ccc(N)c(C(=O)N2CCC(C)(C(=O)O)C2)c1. The summed E-state index contributed by atoms with van der Waals surface area (Å²) in [4.78, 5) is 25.1. The zero-order valence-electron chi connectivity index (χ0n) is 11.1. The van der Waals surface area contributed by atoms with Gasteiger partial charge in [-0.05, 0) is 32.4 Å². The number of amides is 1. The van der Waals surface area contributed by atoms with Gasteiger partial charge in [0.05, 0.1) is 11.0 Å². The maximum absolute atomic E-state index is 12.4. The second kappa shape index (κ2) is 4.57. The van der Waals surface area contributed by atoms with Crippen LogP contribution in [0.3, 0.4) is 0 Å². The Morgan fingerprint density at radius 1 is 1.42 bits per heavy atom. The molecule has 0 aromatic heterocycles. The molecule has 0 radical (unpaired) electrons. The number of rotatable bonds is 2. The van der Waals surface area contributed by atoms with Gasteiger partial charge in [-0.25, -0.2) is 0 Å². The fraction of sp³-hybridized carbons (Fsp3) is 0.429. The van der Waals surface area contributed by atoms with E-state index in [0.29, 0.717) is 24.2 Å². The molecule has 102 valence electrons. The number of carbonyl (C=O) groups is 2. The summed E-state index contributed by atoms with van der Waals surface area (Å²) in [6.07, 6.45) is 0.472. The van der Waals surface area contributed by atoms with Gasteiger partial charge in [-0.15, -0.1) is 0 Å². The van der Waals surface area contributed by atoms with E-state index in [1.165, 1.54) is 0 Å². The molecule has 1 aromatic rings. The first-order valence-electron chi connectivity index (χ1n) is 6.22. The summed E-state index contributed by atoms with van der Waals surface area (Å²) in [5.41, 5.74) is 6.81. The molecule has 1 saturated heterocycles. The number of carboxylic acids is 1. The molecule has 1 aliphatic heterocycles. The predicted molar refractivity (Wildman–Crippen MR) is 71.9 cm³/mol. The molecular weight excluding hydrogens is 244 g/mol. The molecule has 1 amide bonds. The molecule has 19 heavy (non-hydrogen) atoms. The van der Waals surface area contributed by atoms with Gasteiger partial charge in [-0.1, -0.05) is 11.6 Å². The zero-order valence-corrected chi connectivity index (χ0v) is 11.1. The van der Waals surface area contributed by atoms with Crippen LogP contribution in [-0.2, 0) is 4.79 Å². The predicted octanol–water partition coefficient (Wildman–Crippen LogP) is 1.51. The highest BCUT2D eigenvalue weighted by atomic mass is 16.4. The van der Waals surface area contributed by atoms with Crippen molar-refractivity contribution < 1.29 is 14.7 Å². The van der Waals surface area contributed by atoms with Gasteiger partial charge < -0.3 is 15.7 Å². The number of anilines is 1. The van der Waals surface area contributed by atoms with Crippen molar-refractivity contribution in [2.45, 2.75) is 20.3 Å². The summed E-state index contributed by atoms with van der Waals surface area (Å²) in [7, 11) is 0. The standard InChI is InChI=1S/C14H18N2O3/c1-9-3-4-11(15)10(7-9)12(17)16-6-5-14(2,8-16)13(18)19/h3-4,7H,5-6,8,15H2,1-2H3,(H,18,19). The Labute approximate surface area is 112 Å². The van der Waals surface area contributed by atoms with Crippen LogP contribution in [0.25, 0.3) is 0 Å². The fourth-order valence-electron chi connectivity index (χ4n) is 2.33. The number of benzene rings is 1. The average Bonchev–Trinajstić information content (AvgIpc) is 2.76. The highest BCUT2D eigenvalue weighted by molar-refractivity contribution is 5.99. The summed E-state index contributed by atoms with van der Waals surface area (Å²) >= 11 is 0. The van der Waals surface area contributed by atoms with Crippen LogP contribution < -0.4 is 5.73 Å². The van der Waals surface area contributed by atoms with Gasteiger partial charge in [0.25, 0.3) is 5.91 Å². The van der Waals surface area contributed by atoms with E-state index < -0.39 is 11.4 Å². The molecule has 1 aliphatic rings. The van der Waals surface area contributed by atoms with Crippen molar-refractivity contribution in [3.8, 4) is 0 Å². The largest absolute Gasteiger partial charge is 0.481 e. The van der Waals surface area contributed by atoms with Crippen molar-refractivity contribution in [1.29, 1.82) is 0 Å². The van der Waals surface area contributed by atoms with Crippen molar-refractivity contribution in [1.82, 2.24) is 4.90 Å². The van der Waals surface area contributed by atoms with Gasteiger partial charge in [-0.3, -0.25) is 9.59 Å². The number of carboxylic acid groups (broad SMARTS) is 1. The van der Waals surface area contributed by atoms with Gasteiger partial charge in [0, 0.05) is 18.8 Å². The molecule has 0 spiro atoms. The Morgan fingerprint density at radius 2 is 2.11 bits per heavy atom. The lowest BCUT2D eigenvalue weighted by atomic mass is 9.90. The first-order chi connectivity index (χ1) is 8.83. The molecule has 1 atom stereocenters. The molecule has 5 nitrogen and oxygen atoms in total. The molecule has 0 saturated carbocycles. The van der Waals surface area contributed by atoms with Crippen LogP contribution in [0.1, 0.15) is 29.3 Å². The maximum Gasteiger partial charge on any atom is 0.311 e. The van der Waals surface area contributed by atoms with E-state index in [-0.39, 0.29) is 12.5 Å². The zero-order chi connectivity index (χ0) is 14.2. The fourth-order valence-corrected chi connectivity index (χ4v) is 2.33. The van der Waals surface area contributed by atoms with E-state index in [2.05, 4.69) is 0 Å². The Kier molecular flexibility index (Phi) is 3.22. The monoisotopic (exact) mass is 262 g/mol. The summed E-state index contributed by atoms with van der Waals surface area (Å²) in [5, 5.41) is 9.18. The Morgan fingerprint density at radius 3 is 2.68 bits per heavy atom. The Bertz CT molecular complexity index is 541. The summed E-state index contributed by atoms with van der Waals surface area (Å²) in [6.45, 7) is 4.24. The molecule has 2 rings (SSSR count). The number of hydrogen-bond acceptors (Lipinski definition) is 3. The van der Waals surface area contributed by atoms with Crippen molar-refractivity contribution in [2.75, 3.05) is 18.8 Å². The number of nitrogens with zero attached hydrogens (tertiary/aromatic N) is 1. The highest BCUT2D eigenvalue weighted by Crippen LogP contribution is 2.31. The minimum absolute atomic E-state index is 0.189. The molecule has 5 heteroatoms. The van der Waals surface area contributed by atoms with E-state index in [0.717, 1.165) is 5.56 Å². The normalized spacial score (nSPS) is 22.5. The van der Waals surface area contributed by atoms with Gasteiger partial charge >= 0.3 is 5.97 Å². The van der Waals surface area contributed by atoms with Crippen LogP contribution >= 0.6 is 0 Å². The van der Waals surface area contributed by atoms with Gasteiger partial charge in [0.1, 0.15) is 0 Å². The molecule has 1 aromatic carbocycles. The molecular formula is C14H18N2O3. The van der Waals surface area contributed by atoms with Crippen LogP contribution in [-0.4, -0.2) is 35.0 Å². The second-order valence-electron chi connectivity index (χ2n) is 5.43. The van der Waals surface area contributed by atoms with Crippen LogP contribution in [0.4, 0.5) is 5.69 Å². The number of nitrogen functional groups attached to an aromatic ring is 1. The van der Waals surface area contributed by atoms with Gasteiger partial charge in [-0.2, -0.15) is 0 Å². The van der Waals surface area contributed by atoms with Crippen molar-refractivity contribution in [3.05, 3.63) is 29.3 Å². The van der Waals surface area contributed by atoms with E-state index in [1.54, 1.807) is 24.0 Å². The Hall–Kier alpha value is -2.04. The first kappa shape index (κ1) is 13.4. The number of aliphatic carboxylic acids is 1. The summed E-state index contributed by atoms with van der Waals surface area (Å²) < 4.78 is 0. The number of aryl methyl sites for hydroxylation is 1. The molecule has 1 fully saturated rings. The van der Waals surface area contributed by atoms with Crippen molar-refractivity contribution in [3.63, 3.8) is 0 Å². The minimum Gasteiger partial charge on any atom is -0.481 e. The second-order valence-corrected chi connectivity index (χ2v) is 5.43. The molecule has 3 N–H and O–H groups in total. The topological polar surface area (TPSA) is 83.6 Å². The molecule has 1 heterocycles. The van der Waals surface area contributed by atoms with Gasteiger partial charge in [0.15, 0.2) is 0 Å².